The highest BCUT2D eigenvalue weighted by Crippen LogP contribution is 2.33. The summed E-state index contributed by atoms with van der Waals surface area (Å²) in [4.78, 5) is 44.7. The zero-order valence-electron chi connectivity index (χ0n) is 19.9. The number of carboxylic acid groups (broad SMARTS) is 1. The molecule has 0 aliphatic heterocycles. The molecule has 4 N–H and O–H groups in total. The van der Waals surface area contributed by atoms with Crippen LogP contribution in [0, 0.1) is 6.92 Å². The largest absolute Gasteiger partial charge is 0.481 e. The van der Waals surface area contributed by atoms with Gasteiger partial charge in [-0.15, -0.1) is 0 Å². The number of benzene rings is 3. The number of imidazole rings is 1. The first-order valence-corrected chi connectivity index (χ1v) is 11.5. The zero-order valence-corrected chi connectivity index (χ0v) is 20.7. The summed E-state index contributed by atoms with van der Waals surface area (Å²) in [6.45, 7) is 3.09. The molecule has 0 aliphatic carbocycles. The summed E-state index contributed by atoms with van der Waals surface area (Å²) in [5, 5.41) is 14.9. The second-order valence-electron chi connectivity index (χ2n) is 8.47. The molecule has 4 rings (SSSR count). The number of aromatic amines is 1. The van der Waals surface area contributed by atoms with Crippen molar-refractivity contribution in [3.63, 3.8) is 0 Å². The summed E-state index contributed by atoms with van der Waals surface area (Å²) in [5.74, 6) is -3.88. The van der Waals surface area contributed by atoms with Crippen molar-refractivity contribution in [2.75, 3.05) is 10.6 Å². The second-order valence-corrected chi connectivity index (χ2v) is 8.87. The number of fused-ring (bicyclic) bond motifs is 1. The van der Waals surface area contributed by atoms with Crippen LogP contribution in [-0.2, 0) is 11.0 Å². The third-order valence-corrected chi connectivity index (χ3v) is 6.29. The highest BCUT2D eigenvalue weighted by Gasteiger charge is 2.35. The minimum Gasteiger partial charge on any atom is -0.481 e. The van der Waals surface area contributed by atoms with Gasteiger partial charge in [-0.1, -0.05) is 29.8 Å². The van der Waals surface area contributed by atoms with Crippen LogP contribution in [0.25, 0.3) is 11.0 Å². The van der Waals surface area contributed by atoms with Crippen LogP contribution >= 0.6 is 11.6 Å². The summed E-state index contributed by atoms with van der Waals surface area (Å²) >= 11 is 6.14. The van der Waals surface area contributed by atoms with Gasteiger partial charge >= 0.3 is 12.1 Å². The van der Waals surface area contributed by atoms with Crippen LogP contribution in [0.15, 0.2) is 54.6 Å². The molecule has 12 heteroatoms. The Bertz CT molecular complexity index is 1580. The third-order valence-electron chi connectivity index (χ3n) is 5.88. The SMILES string of the molecule is Cc1c(Cl)cccc1NC(=O)c1cc(NC(=O)c2ccccc2C(F)(F)F)cc2[nH]c(C(C)C(=O)O)nc12. The average Bonchev–Trinajstić information content (AvgIpc) is 3.29. The first kappa shape index (κ1) is 26.7. The molecule has 196 valence electrons. The van der Waals surface area contributed by atoms with E-state index in [2.05, 4.69) is 20.6 Å². The van der Waals surface area contributed by atoms with Crippen LogP contribution in [-0.4, -0.2) is 32.9 Å². The lowest BCUT2D eigenvalue weighted by molar-refractivity contribution is -0.139. The maximum Gasteiger partial charge on any atom is 0.417 e. The third kappa shape index (κ3) is 5.32. The van der Waals surface area contributed by atoms with E-state index >= 15 is 0 Å². The molecule has 0 bridgehead atoms. The lowest BCUT2D eigenvalue weighted by atomic mass is 10.1. The Labute approximate surface area is 218 Å². The lowest BCUT2D eigenvalue weighted by Crippen LogP contribution is -2.19. The second kappa shape index (κ2) is 10.2. The van der Waals surface area contributed by atoms with Crippen LogP contribution in [0.2, 0.25) is 5.02 Å². The zero-order chi connectivity index (χ0) is 27.8. The Kier molecular flexibility index (Phi) is 7.14. The minimum absolute atomic E-state index is 0.00868. The molecule has 0 aliphatic rings. The molecule has 4 aromatic rings. The van der Waals surface area contributed by atoms with Gasteiger partial charge in [-0.25, -0.2) is 4.98 Å². The van der Waals surface area contributed by atoms with Crippen LogP contribution in [0.5, 0.6) is 0 Å². The minimum atomic E-state index is -4.76. The number of nitrogens with one attached hydrogen (secondary N) is 3. The standard InChI is InChI=1S/C26H20ClF3N4O4/c1-12-18(27)8-5-9-19(12)33-24(36)16-10-14(11-20-21(16)34-22(32-20)13(2)25(37)38)31-23(35)15-6-3-4-7-17(15)26(28,29)30/h3-11,13H,1-2H3,(H,31,35)(H,32,34)(H,33,36)(H,37,38). The molecule has 1 heterocycles. The summed E-state index contributed by atoms with van der Waals surface area (Å²) < 4.78 is 40.3. The van der Waals surface area contributed by atoms with E-state index in [4.69, 9.17) is 11.6 Å². The number of carbonyl (C=O) groups is 3. The topological polar surface area (TPSA) is 124 Å². The van der Waals surface area contributed by atoms with E-state index in [0.29, 0.717) is 16.3 Å². The number of nitrogens with zero attached hydrogens (tertiary/aromatic N) is 1. The van der Waals surface area contributed by atoms with Crippen molar-refractivity contribution < 1.29 is 32.7 Å². The summed E-state index contributed by atoms with van der Waals surface area (Å²) in [6.07, 6.45) is -4.76. The van der Waals surface area contributed by atoms with E-state index in [1.807, 2.05) is 0 Å². The number of alkyl halides is 3. The number of aliphatic carboxylic acids is 1. The van der Waals surface area contributed by atoms with Crippen molar-refractivity contribution >= 4 is 51.8 Å². The van der Waals surface area contributed by atoms with Gasteiger partial charge in [-0.2, -0.15) is 13.2 Å². The van der Waals surface area contributed by atoms with E-state index < -0.39 is 41.0 Å². The Morgan fingerprint density at radius 2 is 1.68 bits per heavy atom. The van der Waals surface area contributed by atoms with Crippen LogP contribution in [0.1, 0.15) is 50.5 Å². The number of rotatable bonds is 6. The van der Waals surface area contributed by atoms with Crippen molar-refractivity contribution in [3.8, 4) is 0 Å². The maximum atomic E-state index is 13.4. The quantitative estimate of drug-likeness (QED) is 0.229. The van der Waals surface area contributed by atoms with Gasteiger partial charge < -0.3 is 20.7 Å². The number of H-pyrrole nitrogens is 1. The fourth-order valence-corrected chi connectivity index (χ4v) is 3.94. The number of aromatic nitrogens is 2. The van der Waals surface area contributed by atoms with Gasteiger partial charge in [0.25, 0.3) is 11.8 Å². The van der Waals surface area contributed by atoms with E-state index in [9.17, 15) is 32.7 Å². The van der Waals surface area contributed by atoms with E-state index in [1.54, 1.807) is 25.1 Å². The number of hydrogen-bond donors (Lipinski definition) is 4. The van der Waals surface area contributed by atoms with Crippen molar-refractivity contribution in [2.45, 2.75) is 25.9 Å². The molecule has 38 heavy (non-hydrogen) atoms. The summed E-state index contributed by atoms with van der Waals surface area (Å²) in [6, 6.07) is 11.8. The fourth-order valence-electron chi connectivity index (χ4n) is 3.76. The van der Waals surface area contributed by atoms with Crippen LogP contribution in [0.4, 0.5) is 24.5 Å². The maximum absolute atomic E-state index is 13.4. The van der Waals surface area contributed by atoms with Crippen molar-refractivity contribution in [1.82, 2.24) is 9.97 Å². The molecular weight excluding hydrogens is 525 g/mol. The summed E-state index contributed by atoms with van der Waals surface area (Å²) in [7, 11) is 0. The summed E-state index contributed by atoms with van der Waals surface area (Å²) in [5.41, 5.74) is -0.487. The number of amides is 2. The molecule has 3 aromatic carbocycles. The van der Waals surface area contributed by atoms with Crippen molar-refractivity contribution in [2.24, 2.45) is 0 Å². The molecular formula is C26H20ClF3N4O4. The monoisotopic (exact) mass is 544 g/mol. The number of carbonyl (C=O) groups excluding carboxylic acids is 2. The van der Waals surface area contributed by atoms with E-state index in [1.165, 1.54) is 31.2 Å². The molecule has 1 atom stereocenters. The van der Waals surface area contributed by atoms with Crippen LogP contribution in [0.3, 0.4) is 0 Å². The fraction of sp³-hybridized carbons (Fsp3) is 0.154. The predicted molar refractivity (Wildman–Crippen MR) is 136 cm³/mol. The van der Waals surface area contributed by atoms with Gasteiger partial charge in [0, 0.05) is 16.4 Å². The Morgan fingerprint density at radius 1 is 1.00 bits per heavy atom. The van der Waals surface area contributed by atoms with Gasteiger partial charge in [0.1, 0.15) is 17.3 Å². The number of anilines is 2. The highest BCUT2D eigenvalue weighted by atomic mass is 35.5. The molecule has 0 saturated heterocycles. The Morgan fingerprint density at radius 3 is 2.37 bits per heavy atom. The Hall–Kier alpha value is -4.38. The molecule has 8 nitrogen and oxygen atoms in total. The molecule has 1 unspecified atom stereocenters. The number of halogens is 4. The van der Waals surface area contributed by atoms with Crippen LogP contribution < -0.4 is 10.6 Å². The van der Waals surface area contributed by atoms with E-state index in [0.717, 1.165) is 12.1 Å². The molecule has 0 spiro atoms. The smallest absolute Gasteiger partial charge is 0.417 e. The predicted octanol–water partition coefficient (Wildman–Crippen LogP) is 6.24. The highest BCUT2D eigenvalue weighted by molar-refractivity contribution is 6.31. The first-order chi connectivity index (χ1) is 17.9. The number of carboxylic acids is 1. The van der Waals surface area contributed by atoms with Gasteiger partial charge in [0.2, 0.25) is 0 Å². The van der Waals surface area contributed by atoms with Gasteiger partial charge in [0.15, 0.2) is 0 Å². The number of hydrogen-bond acceptors (Lipinski definition) is 4. The molecule has 1 aromatic heterocycles. The van der Waals surface area contributed by atoms with Crippen molar-refractivity contribution in [1.29, 1.82) is 0 Å². The van der Waals surface area contributed by atoms with E-state index in [-0.39, 0.29) is 28.1 Å². The van der Waals surface area contributed by atoms with Crippen molar-refractivity contribution in [3.05, 3.63) is 87.7 Å². The molecule has 0 fully saturated rings. The molecule has 2 amide bonds. The van der Waals surface area contributed by atoms with Gasteiger partial charge in [-0.3, -0.25) is 14.4 Å². The lowest BCUT2D eigenvalue weighted by Gasteiger charge is -2.14. The van der Waals surface area contributed by atoms with Gasteiger partial charge in [0.05, 0.1) is 22.2 Å². The first-order valence-electron chi connectivity index (χ1n) is 11.2. The van der Waals surface area contributed by atoms with Gasteiger partial charge in [-0.05, 0) is 55.8 Å². The molecule has 0 radical (unpaired) electrons. The average molecular weight is 545 g/mol. The molecule has 0 saturated carbocycles. The Balaban J connectivity index is 1.78. The normalized spacial score (nSPS) is 12.3.